The molecule has 0 bridgehead atoms. The van der Waals surface area contributed by atoms with Crippen LogP contribution < -0.4 is 0 Å². The minimum atomic E-state index is -0.673. The van der Waals surface area contributed by atoms with Gasteiger partial charge in [-0.1, -0.05) is 30.2 Å². The summed E-state index contributed by atoms with van der Waals surface area (Å²) in [6.07, 6.45) is 4.62. The van der Waals surface area contributed by atoms with E-state index in [9.17, 15) is 4.79 Å². The zero-order chi connectivity index (χ0) is 12.3. The Morgan fingerprint density at radius 2 is 2.12 bits per heavy atom. The van der Waals surface area contributed by atoms with E-state index >= 15 is 0 Å². The van der Waals surface area contributed by atoms with Crippen LogP contribution in [0.2, 0.25) is 5.02 Å². The SMILES string of the molecule is O=C(O)CC1CCCC1Cc1cccc(Cl)c1. The number of rotatable bonds is 4. The fourth-order valence-electron chi connectivity index (χ4n) is 2.84. The Morgan fingerprint density at radius 1 is 1.35 bits per heavy atom. The highest BCUT2D eigenvalue weighted by molar-refractivity contribution is 6.30. The molecule has 2 unspecified atom stereocenters. The van der Waals surface area contributed by atoms with Crippen LogP contribution in [-0.4, -0.2) is 11.1 Å². The van der Waals surface area contributed by atoms with Gasteiger partial charge in [0.15, 0.2) is 0 Å². The molecule has 1 saturated carbocycles. The first-order valence-corrected chi connectivity index (χ1v) is 6.49. The first-order valence-electron chi connectivity index (χ1n) is 6.11. The van der Waals surface area contributed by atoms with Gasteiger partial charge in [0.05, 0.1) is 0 Å². The summed E-state index contributed by atoms with van der Waals surface area (Å²) in [6.45, 7) is 0. The number of halogens is 1. The van der Waals surface area contributed by atoms with Crippen LogP contribution in [0.4, 0.5) is 0 Å². The molecule has 1 N–H and O–H groups in total. The average Bonchev–Trinajstić information content (AvgIpc) is 2.65. The van der Waals surface area contributed by atoms with Crippen LogP contribution in [0.1, 0.15) is 31.2 Å². The highest BCUT2D eigenvalue weighted by atomic mass is 35.5. The van der Waals surface area contributed by atoms with E-state index in [-0.39, 0.29) is 0 Å². The Hall–Kier alpha value is -1.02. The van der Waals surface area contributed by atoms with Crippen LogP contribution in [0.15, 0.2) is 24.3 Å². The summed E-state index contributed by atoms with van der Waals surface area (Å²) in [5, 5.41) is 9.64. The zero-order valence-electron chi connectivity index (χ0n) is 9.73. The standard InChI is InChI=1S/C14H17ClO2/c15-13-6-1-3-10(8-13)7-11-4-2-5-12(11)9-14(16)17/h1,3,6,8,11-12H,2,4-5,7,9H2,(H,16,17). The zero-order valence-corrected chi connectivity index (χ0v) is 10.5. The summed E-state index contributed by atoms with van der Waals surface area (Å²) in [6, 6.07) is 7.88. The Kier molecular flexibility index (Phi) is 4.06. The smallest absolute Gasteiger partial charge is 0.303 e. The molecule has 0 heterocycles. The van der Waals surface area contributed by atoms with Crippen LogP contribution in [0.25, 0.3) is 0 Å². The summed E-state index contributed by atoms with van der Waals surface area (Å²) in [7, 11) is 0. The summed E-state index contributed by atoms with van der Waals surface area (Å²) in [5.74, 6) is 0.170. The predicted molar refractivity (Wildman–Crippen MR) is 68.2 cm³/mol. The predicted octanol–water partition coefficient (Wildman–Crippen LogP) is 3.77. The second kappa shape index (κ2) is 5.54. The van der Waals surface area contributed by atoms with Gasteiger partial charge in [-0.3, -0.25) is 4.79 Å². The van der Waals surface area contributed by atoms with E-state index in [0.29, 0.717) is 18.3 Å². The van der Waals surface area contributed by atoms with Gasteiger partial charge in [-0.15, -0.1) is 0 Å². The molecule has 3 heteroatoms. The molecule has 2 atom stereocenters. The Balaban J connectivity index is 2.00. The molecule has 2 rings (SSSR count). The maximum absolute atomic E-state index is 10.8. The maximum atomic E-state index is 10.8. The molecule has 0 aromatic heterocycles. The fraction of sp³-hybridized carbons (Fsp3) is 0.500. The highest BCUT2D eigenvalue weighted by Crippen LogP contribution is 2.36. The second-order valence-electron chi connectivity index (χ2n) is 4.88. The lowest BCUT2D eigenvalue weighted by Crippen LogP contribution is -2.15. The van der Waals surface area contributed by atoms with Gasteiger partial charge in [-0.2, -0.15) is 0 Å². The second-order valence-corrected chi connectivity index (χ2v) is 5.32. The topological polar surface area (TPSA) is 37.3 Å². The molecule has 1 aliphatic carbocycles. The lowest BCUT2D eigenvalue weighted by molar-refractivity contribution is -0.138. The van der Waals surface area contributed by atoms with Crippen molar-refractivity contribution in [3.05, 3.63) is 34.9 Å². The van der Waals surface area contributed by atoms with Crippen molar-refractivity contribution in [1.29, 1.82) is 0 Å². The van der Waals surface area contributed by atoms with E-state index in [0.717, 1.165) is 30.7 Å². The number of benzene rings is 1. The third-order valence-corrected chi connectivity index (χ3v) is 3.88. The summed E-state index contributed by atoms with van der Waals surface area (Å²) in [5.41, 5.74) is 1.22. The highest BCUT2D eigenvalue weighted by Gasteiger charge is 2.28. The van der Waals surface area contributed by atoms with Crippen molar-refractivity contribution >= 4 is 17.6 Å². The minimum absolute atomic E-state index is 0.311. The van der Waals surface area contributed by atoms with Crippen molar-refractivity contribution in [3.63, 3.8) is 0 Å². The van der Waals surface area contributed by atoms with Gasteiger partial charge in [0, 0.05) is 11.4 Å². The molecule has 1 aliphatic rings. The van der Waals surface area contributed by atoms with Crippen molar-refractivity contribution in [2.24, 2.45) is 11.8 Å². The van der Waals surface area contributed by atoms with Crippen LogP contribution in [-0.2, 0) is 11.2 Å². The van der Waals surface area contributed by atoms with Gasteiger partial charge < -0.3 is 5.11 Å². The number of hydrogen-bond donors (Lipinski definition) is 1. The van der Waals surface area contributed by atoms with Crippen LogP contribution in [0, 0.1) is 11.8 Å². The molecule has 1 aromatic carbocycles. The summed E-state index contributed by atoms with van der Waals surface area (Å²) in [4.78, 5) is 10.8. The first kappa shape index (κ1) is 12.4. The van der Waals surface area contributed by atoms with Gasteiger partial charge in [0.2, 0.25) is 0 Å². The molecule has 0 aliphatic heterocycles. The van der Waals surface area contributed by atoms with Crippen molar-refractivity contribution in [1.82, 2.24) is 0 Å². The normalized spacial score (nSPS) is 23.8. The average molecular weight is 253 g/mol. The molecule has 17 heavy (non-hydrogen) atoms. The van der Waals surface area contributed by atoms with Crippen molar-refractivity contribution in [3.8, 4) is 0 Å². The lowest BCUT2D eigenvalue weighted by atomic mass is 9.87. The lowest BCUT2D eigenvalue weighted by Gasteiger charge is -2.17. The molecule has 1 aromatic rings. The van der Waals surface area contributed by atoms with E-state index in [4.69, 9.17) is 16.7 Å². The van der Waals surface area contributed by atoms with Gasteiger partial charge in [0.1, 0.15) is 0 Å². The summed E-state index contributed by atoms with van der Waals surface area (Å²) < 4.78 is 0. The first-order chi connectivity index (χ1) is 8.15. The van der Waals surface area contributed by atoms with Crippen LogP contribution in [0.3, 0.4) is 0 Å². The Morgan fingerprint density at radius 3 is 2.82 bits per heavy atom. The molecule has 0 amide bonds. The Bertz CT molecular complexity index is 403. The molecule has 92 valence electrons. The number of carbonyl (C=O) groups is 1. The fourth-order valence-corrected chi connectivity index (χ4v) is 3.05. The minimum Gasteiger partial charge on any atom is -0.481 e. The monoisotopic (exact) mass is 252 g/mol. The molecule has 0 spiro atoms. The molecule has 0 saturated heterocycles. The molecule has 2 nitrogen and oxygen atoms in total. The van der Waals surface area contributed by atoms with Crippen molar-refractivity contribution in [2.45, 2.75) is 32.1 Å². The van der Waals surface area contributed by atoms with E-state index in [1.165, 1.54) is 5.56 Å². The number of hydrogen-bond acceptors (Lipinski definition) is 1. The quantitative estimate of drug-likeness (QED) is 0.886. The largest absolute Gasteiger partial charge is 0.481 e. The molecule has 1 fully saturated rings. The van der Waals surface area contributed by atoms with E-state index in [1.54, 1.807) is 0 Å². The Labute approximate surface area is 107 Å². The van der Waals surface area contributed by atoms with E-state index in [2.05, 4.69) is 6.07 Å². The molecular formula is C14H17ClO2. The van der Waals surface area contributed by atoms with Crippen molar-refractivity contribution in [2.75, 3.05) is 0 Å². The van der Waals surface area contributed by atoms with Gasteiger partial charge >= 0.3 is 5.97 Å². The van der Waals surface area contributed by atoms with Crippen LogP contribution in [0.5, 0.6) is 0 Å². The third kappa shape index (κ3) is 3.47. The summed E-state index contributed by atoms with van der Waals surface area (Å²) >= 11 is 5.96. The van der Waals surface area contributed by atoms with Gasteiger partial charge in [-0.25, -0.2) is 0 Å². The van der Waals surface area contributed by atoms with Gasteiger partial charge in [-0.05, 0) is 48.8 Å². The number of carboxylic acids is 1. The van der Waals surface area contributed by atoms with Gasteiger partial charge in [0.25, 0.3) is 0 Å². The van der Waals surface area contributed by atoms with E-state index in [1.807, 2.05) is 18.2 Å². The number of aliphatic carboxylic acids is 1. The third-order valence-electron chi connectivity index (χ3n) is 3.64. The van der Waals surface area contributed by atoms with E-state index < -0.39 is 5.97 Å². The van der Waals surface area contributed by atoms with Crippen molar-refractivity contribution < 1.29 is 9.90 Å². The molecular weight excluding hydrogens is 236 g/mol. The maximum Gasteiger partial charge on any atom is 0.303 e. The molecule has 0 radical (unpaired) electrons. The van der Waals surface area contributed by atoms with Crippen LogP contribution >= 0.6 is 11.6 Å². The number of carboxylic acid groups (broad SMARTS) is 1.